The lowest BCUT2D eigenvalue weighted by atomic mass is 10.1. The summed E-state index contributed by atoms with van der Waals surface area (Å²) in [5.74, 6) is 1.65. The number of aromatic nitrogens is 1. The zero-order valence-corrected chi connectivity index (χ0v) is 14.4. The predicted octanol–water partition coefficient (Wildman–Crippen LogP) is 6.31. The maximum absolute atomic E-state index is 6.32. The monoisotopic (exact) mass is 325 g/mol. The van der Waals surface area contributed by atoms with Crippen molar-refractivity contribution in [2.45, 2.75) is 13.8 Å². The van der Waals surface area contributed by atoms with Gasteiger partial charge < -0.3 is 4.74 Å². The van der Waals surface area contributed by atoms with E-state index in [2.05, 4.69) is 44.2 Å². The number of para-hydroxylation sites is 1. The van der Waals surface area contributed by atoms with Gasteiger partial charge in [-0.1, -0.05) is 60.7 Å². The zero-order valence-electron chi connectivity index (χ0n) is 14.4. The van der Waals surface area contributed by atoms with Crippen molar-refractivity contribution in [3.05, 3.63) is 90.0 Å². The average molecular weight is 325 g/mol. The highest BCUT2D eigenvalue weighted by molar-refractivity contribution is 5.85. The fraction of sp³-hybridized carbons (Fsp3) is 0.0870. The van der Waals surface area contributed by atoms with E-state index in [0.29, 0.717) is 0 Å². The van der Waals surface area contributed by atoms with E-state index in [9.17, 15) is 0 Å². The molecule has 0 atom stereocenters. The van der Waals surface area contributed by atoms with E-state index in [1.54, 1.807) is 0 Å². The summed E-state index contributed by atoms with van der Waals surface area (Å²) in [6.45, 7) is 4.18. The van der Waals surface area contributed by atoms with Crippen molar-refractivity contribution in [1.82, 2.24) is 4.98 Å². The standard InChI is InChI=1S/C23H19NO/c1-16-9-8-14-21(17(16)2)25-22-15-19-12-6-7-13-20(19)24-23(22)18-10-4-3-5-11-18/h3-15H,1-2H3. The van der Waals surface area contributed by atoms with Crippen LogP contribution < -0.4 is 4.74 Å². The summed E-state index contributed by atoms with van der Waals surface area (Å²) < 4.78 is 6.32. The third kappa shape index (κ3) is 2.99. The van der Waals surface area contributed by atoms with Crippen LogP contribution in [0, 0.1) is 13.8 Å². The molecule has 0 aliphatic rings. The van der Waals surface area contributed by atoms with Gasteiger partial charge in [-0.25, -0.2) is 4.98 Å². The van der Waals surface area contributed by atoms with Crippen molar-refractivity contribution in [3.63, 3.8) is 0 Å². The molecule has 4 aromatic rings. The second kappa shape index (κ2) is 6.40. The molecule has 0 fully saturated rings. The molecule has 0 saturated heterocycles. The second-order valence-electron chi connectivity index (χ2n) is 6.19. The summed E-state index contributed by atoms with van der Waals surface area (Å²) in [4.78, 5) is 4.87. The highest BCUT2D eigenvalue weighted by Crippen LogP contribution is 2.36. The van der Waals surface area contributed by atoms with Crippen molar-refractivity contribution in [2.24, 2.45) is 0 Å². The Kier molecular flexibility index (Phi) is 3.95. The first-order valence-corrected chi connectivity index (χ1v) is 8.41. The second-order valence-corrected chi connectivity index (χ2v) is 6.19. The summed E-state index contributed by atoms with van der Waals surface area (Å²) in [5.41, 5.74) is 5.24. The Morgan fingerprint density at radius 2 is 1.48 bits per heavy atom. The van der Waals surface area contributed by atoms with Crippen LogP contribution in [0.5, 0.6) is 11.5 Å². The molecule has 0 amide bonds. The van der Waals surface area contributed by atoms with Crippen LogP contribution in [0.3, 0.4) is 0 Å². The fourth-order valence-corrected chi connectivity index (χ4v) is 2.93. The number of hydrogen-bond acceptors (Lipinski definition) is 2. The Hall–Kier alpha value is -3.13. The minimum absolute atomic E-state index is 0.776. The lowest BCUT2D eigenvalue weighted by Gasteiger charge is -2.14. The van der Waals surface area contributed by atoms with Crippen LogP contribution in [0.15, 0.2) is 78.9 Å². The molecule has 0 unspecified atom stereocenters. The number of fused-ring (bicyclic) bond motifs is 1. The number of ether oxygens (including phenoxy) is 1. The van der Waals surface area contributed by atoms with Gasteiger partial charge in [-0.2, -0.15) is 0 Å². The van der Waals surface area contributed by atoms with E-state index >= 15 is 0 Å². The highest BCUT2D eigenvalue weighted by atomic mass is 16.5. The van der Waals surface area contributed by atoms with Crippen molar-refractivity contribution >= 4 is 10.9 Å². The molecule has 0 radical (unpaired) electrons. The first-order chi connectivity index (χ1) is 12.2. The summed E-state index contributed by atoms with van der Waals surface area (Å²) in [7, 11) is 0. The van der Waals surface area contributed by atoms with E-state index in [1.165, 1.54) is 5.56 Å². The number of aryl methyl sites for hydroxylation is 1. The molecule has 3 aromatic carbocycles. The summed E-state index contributed by atoms with van der Waals surface area (Å²) in [6.07, 6.45) is 0. The Bertz CT molecular complexity index is 1040. The van der Waals surface area contributed by atoms with Crippen LogP contribution in [-0.2, 0) is 0 Å². The fourth-order valence-electron chi connectivity index (χ4n) is 2.93. The van der Waals surface area contributed by atoms with Gasteiger partial charge in [0, 0.05) is 10.9 Å². The van der Waals surface area contributed by atoms with Gasteiger partial charge in [0.2, 0.25) is 0 Å². The number of rotatable bonds is 3. The van der Waals surface area contributed by atoms with Gasteiger partial charge in [-0.3, -0.25) is 0 Å². The molecule has 1 heterocycles. The van der Waals surface area contributed by atoms with Gasteiger partial charge in [-0.05, 0) is 43.2 Å². The summed E-state index contributed by atoms with van der Waals surface area (Å²) >= 11 is 0. The predicted molar refractivity (Wildman–Crippen MR) is 103 cm³/mol. The molecule has 122 valence electrons. The topological polar surface area (TPSA) is 22.1 Å². The normalized spacial score (nSPS) is 10.8. The van der Waals surface area contributed by atoms with E-state index in [0.717, 1.165) is 39.2 Å². The SMILES string of the molecule is Cc1cccc(Oc2cc3ccccc3nc2-c2ccccc2)c1C. The van der Waals surface area contributed by atoms with Crippen molar-refractivity contribution in [2.75, 3.05) is 0 Å². The molecule has 4 rings (SSSR count). The minimum Gasteiger partial charge on any atom is -0.455 e. The lowest BCUT2D eigenvalue weighted by molar-refractivity contribution is 0.479. The molecule has 25 heavy (non-hydrogen) atoms. The number of pyridine rings is 1. The molecule has 0 bridgehead atoms. The van der Waals surface area contributed by atoms with Crippen molar-refractivity contribution < 1.29 is 4.74 Å². The summed E-state index contributed by atoms with van der Waals surface area (Å²) in [5, 5.41) is 1.07. The van der Waals surface area contributed by atoms with Crippen LogP contribution in [0.1, 0.15) is 11.1 Å². The van der Waals surface area contributed by atoms with E-state index in [-0.39, 0.29) is 0 Å². The molecular weight excluding hydrogens is 306 g/mol. The maximum Gasteiger partial charge on any atom is 0.154 e. The number of benzene rings is 3. The Balaban J connectivity index is 1.90. The van der Waals surface area contributed by atoms with Crippen molar-refractivity contribution in [1.29, 1.82) is 0 Å². The number of hydrogen-bond donors (Lipinski definition) is 0. The molecule has 2 heteroatoms. The number of nitrogens with zero attached hydrogens (tertiary/aromatic N) is 1. The molecule has 1 aromatic heterocycles. The van der Waals surface area contributed by atoms with Crippen LogP contribution in [0.2, 0.25) is 0 Å². The van der Waals surface area contributed by atoms with Crippen LogP contribution in [0.4, 0.5) is 0 Å². The van der Waals surface area contributed by atoms with Gasteiger partial charge in [-0.15, -0.1) is 0 Å². The lowest BCUT2D eigenvalue weighted by Crippen LogP contribution is -1.95. The quantitative estimate of drug-likeness (QED) is 0.440. The largest absolute Gasteiger partial charge is 0.455 e. The zero-order chi connectivity index (χ0) is 17.2. The Morgan fingerprint density at radius 3 is 2.32 bits per heavy atom. The van der Waals surface area contributed by atoms with Gasteiger partial charge in [0.05, 0.1) is 5.52 Å². The molecular formula is C23H19NO. The molecule has 0 aliphatic heterocycles. The third-order valence-electron chi connectivity index (χ3n) is 4.51. The van der Waals surface area contributed by atoms with Crippen LogP contribution in [-0.4, -0.2) is 4.98 Å². The van der Waals surface area contributed by atoms with E-state index < -0.39 is 0 Å². The average Bonchev–Trinajstić information content (AvgIpc) is 2.65. The maximum atomic E-state index is 6.32. The molecule has 0 N–H and O–H groups in total. The third-order valence-corrected chi connectivity index (χ3v) is 4.51. The first kappa shape index (κ1) is 15.4. The molecule has 0 aliphatic carbocycles. The minimum atomic E-state index is 0.776. The highest BCUT2D eigenvalue weighted by Gasteiger charge is 2.13. The Labute approximate surface area is 147 Å². The van der Waals surface area contributed by atoms with Crippen molar-refractivity contribution in [3.8, 4) is 22.8 Å². The summed E-state index contributed by atoms with van der Waals surface area (Å²) in [6, 6.07) is 26.5. The van der Waals surface area contributed by atoms with Gasteiger partial charge in [0.25, 0.3) is 0 Å². The smallest absolute Gasteiger partial charge is 0.154 e. The van der Waals surface area contributed by atoms with Gasteiger partial charge in [0.1, 0.15) is 11.4 Å². The van der Waals surface area contributed by atoms with Crippen LogP contribution in [0.25, 0.3) is 22.2 Å². The van der Waals surface area contributed by atoms with Gasteiger partial charge >= 0.3 is 0 Å². The Morgan fingerprint density at radius 1 is 0.720 bits per heavy atom. The van der Waals surface area contributed by atoms with Gasteiger partial charge in [0.15, 0.2) is 5.75 Å². The molecule has 0 saturated carbocycles. The van der Waals surface area contributed by atoms with E-state index in [4.69, 9.17) is 9.72 Å². The molecule has 2 nitrogen and oxygen atoms in total. The molecule has 0 spiro atoms. The van der Waals surface area contributed by atoms with E-state index in [1.807, 2.05) is 48.5 Å². The first-order valence-electron chi connectivity index (χ1n) is 8.41. The van der Waals surface area contributed by atoms with Crippen LogP contribution >= 0.6 is 0 Å².